The molecule has 13 rings (SSSR count). The Kier molecular flexibility index (Phi) is 21.0. The summed E-state index contributed by atoms with van der Waals surface area (Å²) >= 11 is 0. The predicted octanol–water partition coefficient (Wildman–Crippen LogP) is 15.0. The third-order valence-corrected chi connectivity index (χ3v) is 20.4. The van der Waals surface area contributed by atoms with Crippen molar-refractivity contribution in [1.82, 2.24) is 40.0 Å². The molecule has 4 aliphatic rings. The second-order valence-electron chi connectivity index (χ2n) is 29.8. The Morgan fingerprint density at radius 1 is 0.400 bits per heavy atom. The van der Waals surface area contributed by atoms with E-state index in [0.29, 0.717) is 67.4 Å². The third kappa shape index (κ3) is 15.6. The summed E-state index contributed by atoms with van der Waals surface area (Å²) in [6.07, 6.45) is -14.2. The number of hydrogen-bond acceptors (Lipinski definition) is 14. The molecule has 0 radical (unpaired) electrons. The zero-order chi connectivity index (χ0) is 79.0. The summed E-state index contributed by atoms with van der Waals surface area (Å²) < 4.78 is 122. The monoisotopic (exact) mass is 1510 g/mol. The first-order valence-electron chi connectivity index (χ1n) is 36.5. The molecule has 2 atom stereocenters. The van der Waals surface area contributed by atoms with E-state index in [2.05, 4.69) is 17.2 Å². The fraction of sp³-hybridized carbons (Fsp3) is 0.357. The molecule has 574 valence electrons. The SMILES string of the molecule is C=C(C)C(=O)NCCN1CCN(C(=O)C(CC(F)(F)F)N2C(=O)c3cc(Oc4cc(C)cc(C)c4)c4c5c(Oc6cc(C)cc(C)c6)cc6c7c(cc(Oc8cc(C)cc(C)c8)c(c8c(Oc9cc(C)cc(C)c9)cc(c3c48)C2=O)c75)C(=O)N(C(CC(F)(F)F)C(=O)N2CCN(CCNC(=O)C(C)C)CC2)C6=O)CC1. The highest BCUT2D eigenvalue weighted by molar-refractivity contribution is 6.45. The van der Waals surface area contributed by atoms with Crippen LogP contribution in [0.15, 0.2) is 109 Å². The van der Waals surface area contributed by atoms with Gasteiger partial charge in [-0.2, -0.15) is 26.3 Å². The van der Waals surface area contributed by atoms with Gasteiger partial charge in [-0.05, 0) is 180 Å². The standard InChI is InChI=1S/C84H84F6N8O12/c1-43(2)75(99)91-13-15-93-17-21-95(22-18-93)81(105)61(41-83(85,86)87)97-77(101)57-37-63(107-53-29-45(5)25-46(6)30-53)69-71-65(109-55-33-49(9)27-50(10)34-55)39-59-68-60(80(104)98(79(59)103)62(42-84(88,89)90)82(106)96-23-19-94(20-24-96)16-14-92-76(100)44(3)4)40-66(110-56-35-51(11)28-52(12)36-56)72(74(68)71)70-64(38-58(78(97)102)67(57)73(69)70)108-54-31-47(7)26-48(8)32-54/h25-40,44,61-62H,1,13-24,41-42H2,2-12H3,(H,91,99)(H,92,100). The number of rotatable bonds is 22. The molecule has 4 aliphatic heterocycles. The topological polar surface area (TPSA) is 217 Å². The average molecular weight is 1510 g/mol. The number of amides is 8. The number of carbonyl (C=O) groups excluding carboxylic acids is 8. The molecule has 110 heavy (non-hydrogen) atoms. The van der Waals surface area contributed by atoms with Crippen LogP contribution in [0.25, 0.3) is 43.1 Å². The van der Waals surface area contributed by atoms with Crippen molar-refractivity contribution < 1.29 is 83.6 Å². The lowest BCUT2D eigenvalue weighted by atomic mass is 9.80. The second-order valence-corrected chi connectivity index (χ2v) is 29.8. The summed E-state index contributed by atoms with van der Waals surface area (Å²) in [4.78, 5) is 127. The molecule has 2 N–H and O–H groups in total. The minimum atomic E-state index is -5.16. The van der Waals surface area contributed by atoms with E-state index in [0.717, 1.165) is 0 Å². The van der Waals surface area contributed by atoms with Gasteiger partial charge in [0.25, 0.3) is 23.6 Å². The number of piperazine rings is 2. The summed E-state index contributed by atoms with van der Waals surface area (Å²) in [7, 11) is 0. The van der Waals surface area contributed by atoms with Gasteiger partial charge in [0.05, 0.1) is 35.1 Å². The fourth-order valence-electron chi connectivity index (χ4n) is 15.7. The maximum absolute atomic E-state index is 16.3. The molecule has 8 amide bonds. The molecule has 9 aromatic carbocycles. The van der Waals surface area contributed by atoms with E-state index in [4.69, 9.17) is 18.9 Å². The van der Waals surface area contributed by atoms with E-state index in [9.17, 15) is 9.59 Å². The molecule has 0 aliphatic carbocycles. The van der Waals surface area contributed by atoms with Gasteiger partial charge in [-0.25, -0.2) is 0 Å². The number of aryl methyl sites for hydroxylation is 8. The average Bonchev–Trinajstić information content (AvgIpc) is 0.670. The Morgan fingerprint density at radius 3 is 0.909 bits per heavy atom. The Balaban J connectivity index is 1.10. The van der Waals surface area contributed by atoms with Crippen LogP contribution in [0.1, 0.15) is 120 Å². The van der Waals surface area contributed by atoms with Gasteiger partial charge in [0.1, 0.15) is 58.1 Å². The molecule has 26 heteroatoms. The van der Waals surface area contributed by atoms with Crippen LogP contribution in [0.4, 0.5) is 26.3 Å². The first-order valence-corrected chi connectivity index (χ1v) is 36.5. The van der Waals surface area contributed by atoms with Crippen molar-refractivity contribution in [3.8, 4) is 46.0 Å². The lowest BCUT2D eigenvalue weighted by molar-refractivity contribution is -0.159. The minimum absolute atomic E-state index is 0.000821. The van der Waals surface area contributed by atoms with Crippen LogP contribution in [-0.4, -0.2) is 180 Å². The minimum Gasteiger partial charge on any atom is -0.457 e. The summed E-state index contributed by atoms with van der Waals surface area (Å²) in [6.45, 7) is 24.5. The summed E-state index contributed by atoms with van der Waals surface area (Å²) in [5.41, 5.74) is 4.28. The Labute approximate surface area is 631 Å². The molecule has 4 heterocycles. The number of halogens is 6. The van der Waals surface area contributed by atoms with Crippen molar-refractivity contribution in [3.63, 3.8) is 0 Å². The van der Waals surface area contributed by atoms with Gasteiger partial charge in [0, 0.05) is 133 Å². The number of benzene rings is 9. The molecule has 0 aromatic heterocycles. The molecule has 0 bridgehead atoms. The maximum Gasteiger partial charge on any atom is 0.391 e. The fourth-order valence-corrected chi connectivity index (χ4v) is 15.7. The molecule has 2 saturated heterocycles. The number of fused-ring (bicyclic) bond motifs is 2. The smallest absolute Gasteiger partial charge is 0.391 e. The van der Waals surface area contributed by atoms with E-state index in [1.54, 1.807) is 125 Å². The number of imide groups is 2. The molecule has 9 aromatic rings. The van der Waals surface area contributed by atoms with Crippen molar-refractivity contribution in [2.24, 2.45) is 5.92 Å². The lowest BCUT2D eigenvalue weighted by Gasteiger charge is -2.40. The van der Waals surface area contributed by atoms with Crippen molar-refractivity contribution in [1.29, 1.82) is 0 Å². The molecule has 0 saturated carbocycles. The third-order valence-electron chi connectivity index (χ3n) is 20.4. The number of nitrogens with one attached hydrogen (secondary N) is 2. The van der Waals surface area contributed by atoms with Crippen LogP contribution in [-0.2, 0) is 19.2 Å². The van der Waals surface area contributed by atoms with Gasteiger partial charge in [0.2, 0.25) is 23.6 Å². The van der Waals surface area contributed by atoms with E-state index in [1.165, 1.54) is 34.1 Å². The van der Waals surface area contributed by atoms with Crippen molar-refractivity contribution in [2.75, 3.05) is 78.5 Å². The number of alkyl halides is 6. The van der Waals surface area contributed by atoms with Gasteiger partial charge < -0.3 is 39.4 Å². The van der Waals surface area contributed by atoms with E-state index in [1.807, 2.05) is 34.1 Å². The second kappa shape index (κ2) is 30.0. The first kappa shape index (κ1) is 77.1. The first-order chi connectivity index (χ1) is 52.0. The van der Waals surface area contributed by atoms with Crippen LogP contribution in [0.2, 0.25) is 0 Å². The van der Waals surface area contributed by atoms with E-state index >= 15 is 55.1 Å². The van der Waals surface area contributed by atoms with Crippen molar-refractivity contribution >= 4 is 90.3 Å². The van der Waals surface area contributed by atoms with Crippen molar-refractivity contribution in [3.05, 3.63) is 176 Å². The van der Waals surface area contributed by atoms with Gasteiger partial charge in [0.15, 0.2) is 0 Å². The normalized spacial score (nSPS) is 15.7. The molecule has 20 nitrogen and oxygen atoms in total. The largest absolute Gasteiger partial charge is 0.457 e. The zero-order valence-corrected chi connectivity index (χ0v) is 62.9. The van der Waals surface area contributed by atoms with Crippen LogP contribution < -0.4 is 29.6 Å². The molecular weight excluding hydrogens is 1430 g/mol. The Morgan fingerprint density at radius 2 is 0.664 bits per heavy atom. The van der Waals surface area contributed by atoms with E-state index < -0.39 is 95.0 Å². The van der Waals surface area contributed by atoms with Crippen molar-refractivity contribution in [2.45, 2.75) is 113 Å². The van der Waals surface area contributed by atoms with Crippen LogP contribution >= 0.6 is 0 Å². The number of ether oxygens (including phenoxy) is 4. The summed E-state index contributed by atoms with van der Waals surface area (Å²) in [6, 6.07) is 21.0. The lowest BCUT2D eigenvalue weighted by Crippen LogP contribution is -2.59. The van der Waals surface area contributed by atoms with Crippen LogP contribution in [0, 0.1) is 61.3 Å². The van der Waals surface area contributed by atoms with Crippen LogP contribution in [0.3, 0.4) is 0 Å². The summed E-state index contributed by atoms with van der Waals surface area (Å²) in [5, 5.41) is 5.24. The highest BCUT2D eigenvalue weighted by Crippen LogP contribution is 2.59. The molecule has 2 unspecified atom stereocenters. The number of nitrogens with zero attached hydrogens (tertiary/aromatic N) is 6. The number of hydrogen-bond donors (Lipinski definition) is 2. The van der Waals surface area contributed by atoms with Crippen LogP contribution in [0.5, 0.6) is 46.0 Å². The molecular formula is C84H84F6N8O12. The number of carbonyl (C=O) groups is 8. The Hall–Kier alpha value is -11.1. The summed E-state index contributed by atoms with van der Waals surface area (Å²) in [5.74, 6) is -8.61. The van der Waals surface area contributed by atoms with Gasteiger partial charge in [-0.1, -0.05) is 44.7 Å². The van der Waals surface area contributed by atoms with E-state index in [-0.39, 0.29) is 178 Å². The quantitative estimate of drug-likeness (QED) is 0.0212. The Bertz CT molecular complexity index is 4810. The molecule has 0 spiro atoms. The van der Waals surface area contributed by atoms with Gasteiger partial charge in [-0.15, -0.1) is 0 Å². The zero-order valence-electron chi connectivity index (χ0n) is 62.9. The van der Waals surface area contributed by atoms with Gasteiger partial charge >= 0.3 is 12.4 Å². The maximum atomic E-state index is 16.3. The van der Waals surface area contributed by atoms with Gasteiger partial charge in [-0.3, -0.25) is 58.0 Å². The molecule has 2 fully saturated rings. The highest BCUT2D eigenvalue weighted by Gasteiger charge is 2.52. The highest BCUT2D eigenvalue weighted by atomic mass is 19.4. The predicted molar refractivity (Wildman–Crippen MR) is 403 cm³/mol.